The molecule has 1 aromatic rings. The minimum atomic E-state index is -0.135. The van der Waals surface area contributed by atoms with Gasteiger partial charge in [0.2, 0.25) is 5.89 Å². The number of halogens is 1. The molecule has 1 fully saturated rings. The summed E-state index contributed by atoms with van der Waals surface area (Å²) in [5, 5.41) is 10.9. The van der Waals surface area contributed by atoms with Crippen molar-refractivity contribution in [3.8, 4) is 0 Å². The molecular weight excluding hydrogens is 443 g/mol. The van der Waals surface area contributed by atoms with E-state index in [-0.39, 0.29) is 29.4 Å². The predicted molar refractivity (Wildman–Crippen MR) is 116 cm³/mol. The van der Waals surface area contributed by atoms with Crippen LogP contribution in [-0.2, 0) is 12.0 Å². The molecule has 150 valence electrons. The smallest absolute Gasteiger partial charge is 0.232 e. The van der Waals surface area contributed by atoms with Crippen molar-refractivity contribution < 1.29 is 4.52 Å². The maximum atomic E-state index is 5.33. The van der Waals surface area contributed by atoms with Crippen molar-refractivity contribution in [3.63, 3.8) is 0 Å². The predicted octanol–water partition coefficient (Wildman–Crippen LogP) is 2.91. The molecule has 7 nitrogen and oxygen atoms in total. The minimum absolute atomic E-state index is 0. The number of rotatable bonds is 6. The Balaban J connectivity index is 0.00000338. The van der Waals surface area contributed by atoms with Crippen molar-refractivity contribution in [2.24, 2.45) is 4.99 Å². The maximum Gasteiger partial charge on any atom is 0.232 e. The summed E-state index contributed by atoms with van der Waals surface area (Å²) in [6, 6.07) is 0.473. The van der Waals surface area contributed by atoms with Crippen LogP contribution in [0.25, 0.3) is 0 Å². The normalized spacial score (nSPS) is 17.0. The third-order valence-corrected chi connectivity index (χ3v) is 4.30. The van der Waals surface area contributed by atoms with Gasteiger partial charge in [-0.25, -0.2) is 4.99 Å². The molecule has 0 radical (unpaired) electrons. The summed E-state index contributed by atoms with van der Waals surface area (Å²) in [4.78, 5) is 11.6. The van der Waals surface area contributed by atoms with Gasteiger partial charge in [-0.15, -0.1) is 24.0 Å². The van der Waals surface area contributed by atoms with E-state index >= 15 is 0 Å². The molecule has 1 aliphatic rings. The van der Waals surface area contributed by atoms with E-state index in [2.05, 4.69) is 65.3 Å². The zero-order valence-corrected chi connectivity index (χ0v) is 19.2. The average Bonchev–Trinajstić information content (AvgIpc) is 3.04. The Morgan fingerprint density at radius 2 is 1.96 bits per heavy atom. The lowest BCUT2D eigenvalue weighted by Gasteiger charge is -2.32. The van der Waals surface area contributed by atoms with E-state index in [0.717, 1.165) is 38.4 Å². The van der Waals surface area contributed by atoms with E-state index in [1.807, 2.05) is 0 Å². The Kier molecular flexibility index (Phi) is 9.84. The van der Waals surface area contributed by atoms with Gasteiger partial charge < -0.3 is 20.1 Å². The fourth-order valence-corrected chi connectivity index (χ4v) is 2.90. The molecule has 0 bridgehead atoms. The molecule has 0 spiro atoms. The van der Waals surface area contributed by atoms with Gasteiger partial charge in [0.15, 0.2) is 11.8 Å². The number of piperidine rings is 1. The highest BCUT2D eigenvalue weighted by molar-refractivity contribution is 14.0. The second-order valence-corrected chi connectivity index (χ2v) is 7.72. The molecule has 0 unspecified atom stereocenters. The van der Waals surface area contributed by atoms with E-state index in [4.69, 9.17) is 4.52 Å². The number of likely N-dealkylation sites (tertiary alicyclic amines) is 1. The Morgan fingerprint density at radius 1 is 1.27 bits per heavy atom. The second-order valence-electron chi connectivity index (χ2n) is 7.72. The van der Waals surface area contributed by atoms with Crippen molar-refractivity contribution in [2.75, 3.05) is 26.2 Å². The highest BCUT2D eigenvalue weighted by Crippen LogP contribution is 2.19. The van der Waals surface area contributed by atoms with Crippen LogP contribution in [0, 0.1) is 0 Å². The van der Waals surface area contributed by atoms with Crippen molar-refractivity contribution >= 4 is 29.9 Å². The zero-order valence-electron chi connectivity index (χ0n) is 16.8. The van der Waals surface area contributed by atoms with Crippen molar-refractivity contribution in [3.05, 3.63) is 11.7 Å². The summed E-state index contributed by atoms with van der Waals surface area (Å²) in [5.41, 5.74) is -0.135. The highest BCUT2D eigenvalue weighted by Gasteiger charge is 2.22. The summed E-state index contributed by atoms with van der Waals surface area (Å²) in [5.74, 6) is 2.11. The first kappa shape index (κ1) is 23.1. The van der Waals surface area contributed by atoms with E-state index in [9.17, 15) is 0 Å². The van der Waals surface area contributed by atoms with Crippen LogP contribution in [0.2, 0.25) is 0 Å². The molecule has 0 aliphatic carbocycles. The fourth-order valence-electron chi connectivity index (χ4n) is 2.90. The van der Waals surface area contributed by atoms with Gasteiger partial charge in [-0.3, -0.25) is 0 Å². The average molecular weight is 478 g/mol. The van der Waals surface area contributed by atoms with Gasteiger partial charge in [0.1, 0.15) is 6.54 Å². The molecule has 26 heavy (non-hydrogen) atoms. The van der Waals surface area contributed by atoms with E-state index < -0.39 is 0 Å². The van der Waals surface area contributed by atoms with Crippen molar-refractivity contribution in [1.29, 1.82) is 0 Å². The lowest BCUT2D eigenvalue weighted by molar-refractivity contribution is 0.206. The summed E-state index contributed by atoms with van der Waals surface area (Å²) in [6.45, 7) is 15.3. The lowest BCUT2D eigenvalue weighted by Crippen LogP contribution is -2.48. The van der Waals surface area contributed by atoms with Gasteiger partial charge in [0.05, 0.1) is 0 Å². The van der Waals surface area contributed by atoms with E-state index in [1.54, 1.807) is 0 Å². The Morgan fingerprint density at radius 3 is 2.50 bits per heavy atom. The molecule has 0 amide bonds. The summed E-state index contributed by atoms with van der Waals surface area (Å²) in [7, 11) is 0. The number of guanidine groups is 1. The molecule has 0 aromatic carbocycles. The summed E-state index contributed by atoms with van der Waals surface area (Å²) >= 11 is 0. The minimum Gasteiger partial charge on any atom is -0.357 e. The highest BCUT2D eigenvalue weighted by atomic mass is 127. The summed E-state index contributed by atoms with van der Waals surface area (Å²) in [6.07, 6.45) is 3.53. The van der Waals surface area contributed by atoms with Gasteiger partial charge in [0, 0.05) is 31.1 Å². The summed E-state index contributed by atoms with van der Waals surface area (Å²) < 4.78 is 5.33. The first-order valence-electron chi connectivity index (χ1n) is 9.52. The molecule has 0 atom stereocenters. The molecule has 1 aromatic heterocycles. The number of hydrogen-bond acceptors (Lipinski definition) is 5. The van der Waals surface area contributed by atoms with Gasteiger partial charge in [-0.2, -0.15) is 4.98 Å². The standard InChI is InChI=1S/C18H34N6O.HI/c1-6-10-24-11-8-14(9-12-24)21-17(19-7-2)20-13-15-22-16(25-23-15)18(3,4)5;/h14H,6-13H2,1-5H3,(H2,19,20,21);1H. The van der Waals surface area contributed by atoms with Gasteiger partial charge in [-0.1, -0.05) is 32.9 Å². The third kappa shape index (κ3) is 7.38. The van der Waals surface area contributed by atoms with Crippen molar-refractivity contribution in [1.82, 2.24) is 25.7 Å². The van der Waals surface area contributed by atoms with Crippen LogP contribution in [0.3, 0.4) is 0 Å². The topological polar surface area (TPSA) is 78.6 Å². The maximum absolute atomic E-state index is 5.33. The second kappa shape index (κ2) is 11.1. The van der Waals surface area contributed by atoms with Gasteiger partial charge in [-0.05, 0) is 32.7 Å². The van der Waals surface area contributed by atoms with Crippen LogP contribution < -0.4 is 10.6 Å². The lowest BCUT2D eigenvalue weighted by atomic mass is 9.97. The third-order valence-electron chi connectivity index (χ3n) is 4.30. The van der Waals surface area contributed by atoms with E-state index in [1.165, 1.54) is 13.0 Å². The quantitative estimate of drug-likeness (QED) is 0.372. The number of hydrogen-bond donors (Lipinski definition) is 2. The van der Waals surface area contributed by atoms with Crippen LogP contribution in [0.5, 0.6) is 0 Å². The largest absolute Gasteiger partial charge is 0.357 e. The van der Waals surface area contributed by atoms with Gasteiger partial charge in [0.25, 0.3) is 0 Å². The zero-order chi connectivity index (χ0) is 18.3. The number of nitrogens with zero attached hydrogens (tertiary/aromatic N) is 4. The molecule has 0 saturated carbocycles. The molecule has 1 aliphatic heterocycles. The van der Waals surface area contributed by atoms with Gasteiger partial charge >= 0.3 is 0 Å². The molecule has 8 heteroatoms. The molecule has 1 saturated heterocycles. The van der Waals surface area contributed by atoms with E-state index in [0.29, 0.717) is 24.3 Å². The first-order valence-corrected chi connectivity index (χ1v) is 9.52. The van der Waals surface area contributed by atoms with Crippen LogP contribution in [-0.4, -0.2) is 53.2 Å². The Labute approximate surface area is 174 Å². The molecular formula is C18H35IN6O. The van der Waals surface area contributed by atoms with Crippen LogP contribution in [0.15, 0.2) is 9.52 Å². The number of aliphatic imine (C=N–C) groups is 1. The Bertz CT molecular complexity index is 546. The van der Waals surface area contributed by atoms with Crippen molar-refractivity contribution in [2.45, 2.75) is 71.9 Å². The molecule has 2 rings (SSSR count). The van der Waals surface area contributed by atoms with Crippen LogP contribution >= 0.6 is 24.0 Å². The molecule has 2 N–H and O–H groups in total. The molecule has 2 heterocycles. The monoisotopic (exact) mass is 478 g/mol. The number of nitrogens with one attached hydrogen (secondary N) is 2. The van der Waals surface area contributed by atoms with Crippen LogP contribution in [0.4, 0.5) is 0 Å². The number of aromatic nitrogens is 2. The Hall–Kier alpha value is -0.900. The SMILES string of the molecule is CCCN1CCC(NC(=NCc2noc(C(C)(C)C)n2)NCC)CC1.I. The van der Waals surface area contributed by atoms with Crippen LogP contribution in [0.1, 0.15) is 65.6 Å². The first-order chi connectivity index (χ1) is 11.9. The fraction of sp³-hybridized carbons (Fsp3) is 0.833.